The Kier molecular flexibility index (Phi) is 4.57. The van der Waals surface area contributed by atoms with E-state index in [0.717, 1.165) is 10.5 Å². The zero-order chi connectivity index (χ0) is 14.7. The Morgan fingerprint density at radius 1 is 1.25 bits per heavy atom. The standard InChI is InChI=1S/C15H15ClN2OS/c1-9-7-13(17)12(16)8-14(9)18-15(19)10-3-5-11(20-2)6-4-10/h3-8H,17H2,1-2H3,(H,18,19). The van der Waals surface area contributed by atoms with Gasteiger partial charge in [0.05, 0.1) is 10.7 Å². The van der Waals surface area contributed by atoms with Gasteiger partial charge in [0.15, 0.2) is 0 Å². The van der Waals surface area contributed by atoms with E-state index in [-0.39, 0.29) is 5.91 Å². The van der Waals surface area contributed by atoms with Gasteiger partial charge in [-0.25, -0.2) is 0 Å². The molecule has 20 heavy (non-hydrogen) atoms. The third-order valence-electron chi connectivity index (χ3n) is 2.94. The molecule has 3 nitrogen and oxygen atoms in total. The maximum Gasteiger partial charge on any atom is 0.255 e. The maximum absolute atomic E-state index is 12.2. The Morgan fingerprint density at radius 3 is 2.50 bits per heavy atom. The number of aryl methyl sites for hydroxylation is 1. The molecular weight excluding hydrogens is 292 g/mol. The lowest BCUT2D eigenvalue weighted by atomic mass is 10.1. The van der Waals surface area contributed by atoms with Gasteiger partial charge in [0.2, 0.25) is 0 Å². The second kappa shape index (κ2) is 6.20. The third kappa shape index (κ3) is 3.26. The van der Waals surface area contributed by atoms with E-state index < -0.39 is 0 Å². The fourth-order valence-electron chi connectivity index (χ4n) is 1.78. The fourth-order valence-corrected chi connectivity index (χ4v) is 2.35. The van der Waals surface area contributed by atoms with E-state index in [1.54, 1.807) is 36.0 Å². The first-order valence-corrected chi connectivity index (χ1v) is 7.62. The molecule has 0 heterocycles. The van der Waals surface area contributed by atoms with Gasteiger partial charge in [0.25, 0.3) is 5.91 Å². The van der Waals surface area contributed by atoms with E-state index >= 15 is 0 Å². The smallest absolute Gasteiger partial charge is 0.255 e. The van der Waals surface area contributed by atoms with Crippen LogP contribution in [0.3, 0.4) is 0 Å². The Morgan fingerprint density at radius 2 is 1.90 bits per heavy atom. The van der Waals surface area contributed by atoms with Gasteiger partial charge in [-0.1, -0.05) is 11.6 Å². The van der Waals surface area contributed by atoms with Crippen LogP contribution in [0, 0.1) is 6.92 Å². The third-order valence-corrected chi connectivity index (χ3v) is 4.01. The second-order valence-corrected chi connectivity index (χ2v) is 5.66. The van der Waals surface area contributed by atoms with Crippen LogP contribution in [-0.4, -0.2) is 12.2 Å². The predicted octanol–water partition coefficient (Wildman–Crippen LogP) is 4.20. The zero-order valence-electron chi connectivity index (χ0n) is 11.2. The summed E-state index contributed by atoms with van der Waals surface area (Å²) >= 11 is 7.61. The first-order chi connectivity index (χ1) is 9.51. The van der Waals surface area contributed by atoms with Crippen molar-refractivity contribution >= 4 is 40.6 Å². The van der Waals surface area contributed by atoms with Crippen LogP contribution in [0.4, 0.5) is 11.4 Å². The van der Waals surface area contributed by atoms with Crippen LogP contribution in [0.2, 0.25) is 5.02 Å². The van der Waals surface area contributed by atoms with E-state index in [9.17, 15) is 4.79 Å². The normalized spacial score (nSPS) is 10.3. The number of halogens is 1. The number of rotatable bonds is 3. The Hall–Kier alpha value is -1.65. The summed E-state index contributed by atoms with van der Waals surface area (Å²) in [7, 11) is 0. The maximum atomic E-state index is 12.2. The van der Waals surface area contributed by atoms with E-state index in [1.807, 2.05) is 25.3 Å². The molecule has 2 aromatic carbocycles. The molecule has 5 heteroatoms. The van der Waals surface area contributed by atoms with Crippen LogP contribution < -0.4 is 11.1 Å². The average molecular weight is 307 g/mol. The number of nitrogen functional groups attached to an aromatic ring is 1. The monoisotopic (exact) mass is 306 g/mol. The van der Waals surface area contributed by atoms with Crippen LogP contribution in [0.1, 0.15) is 15.9 Å². The molecule has 0 saturated heterocycles. The minimum Gasteiger partial charge on any atom is -0.398 e. The van der Waals surface area contributed by atoms with Gasteiger partial charge in [-0.3, -0.25) is 4.79 Å². The molecule has 0 radical (unpaired) electrons. The van der Waals surface area contributed by atoms with E-state index in [1.165, 1.54) is 0 Å². The van der Waals surface area contributed by atoms with Crippen LogP contribution in [0.15, 0.2) is 41.3 Å². The fraction of sp³-hybridized carbons (Fsp3) is 0.133. The summed E-state index contributed by atoms with van der Waals surface area (Å²) in [5.41, 5.74) is 8.37. The summed E-state index contributed by atoms with van der Waals surface area (Å²) in [6, 6.07) is 10.9. The first kappa shape index (κ1) is 14.8. The van der Waals surface area contributed by atoms with Gasteiger partial charge in [-0.05, 0) is 55.1 Å². The molecule has 3 N–H and O–H groups in total. The summed E-state index contributed by atoms with van der Waals surface area (Å²) < 4.78 is 0. The van der Waals surface area contributed by atoms with Crippen LogP contribution >= 0.6 is 23.4 Å². The minimum absolute atomic E-state index is 0.165. The predicted molar refractivity (Wildman–Crippen MR) is 86.8 cm³/mol. The zero-order valence-corrected chi connectivity index (χ0v) is 12.8. The van der Waals surface area contributed by atoms with Gasteiger partial charge in [0, 0.05) is 16.1 Å². The van der Waals surface area contributed by atoms with E-state index in [4.69, 9.17) is 17.3 Å². The van der Waals surface area contributed by atoms with Gasteiger partial charge < -0.3 is 11.1 Å². The Balaban J connectivity index is 2.20. The van der Waals surface area contributed by atoms with Gasteiger partial charge in [-0.15, -0.1) is 11.8 Å². The van der Waals surface area contributed by atoms with Crippen molar-refractivity contribution in [2.24, 2.45) is 0 Å². The number of nitrogens with two attached hydrogens (primary N) is 1. The molecule has 0 aliphatic carbocycles. The molecule has 0 aliphatic rings. The van der Waals surface area contributed by atoms with Crippen LogP contribution in [0.5, 0.6) is 0 Å². The van der Waals surface area contributed by atoms with E-state index in [0.29, 0.717) is 22.0 Å². The van der Waals surface area contributed by atoms with Crippen molar-refractivity contribution in [3.05, 3.63) is 52.5 Å². The van der Waals surface area contributed by atoms with Crippen molar-refractivity contribution in [1.29, 1.82) is 0 Å². The summed E-state index contributed by atoms with van der Waals surface area (Å²) in [4.78, 5) is 13.3. The number of carbonyl (C=O) groups excluding carboxylic acids is 1. The number of hydrogen-bond donors (Lipinski definition) is 2. The molecule has 0 unspecified atom stereocenters. The van der Waals surface area contributed by atoms with Crippen molar-refractivity contribution in [1.82, 2.24) is 0 Å². The highest BCUT2D eigenvalue weighted by Crippen LogP contribution is 2.27. The van der Waals surface area contributed by atoms with Crippen molar-refractivity contribution < 1.29 is 4.79 Å². The molecule has 104 valence electrons. The molecule has 0 saturated carbocycles. The van der Waals surface area contributed by atoms with Crippen molar-refractivity contribution in [3.8, 4) is 0 Å². The van der Waals surface area contributed by atoms with Gasteiger partial charge >= 0.3 is 0 Å². The van der Waals surface area contributed by atoms with Crippen molar-refractivity contribution in [2.45, 2.75) is 11.8 Å². The van der Waals surface area contributed by atoms with Gasteiger partial charge in [-0.2, -0.15) is 0 Å². The first-order valence-electron chi connectivity index (χ1n) is 6.02. The Bertz CT molecular complexity index is 641. The summed E-state index contributed by atoms with van der Waals surface area (Å²) in [5.74, 6) is -0.165. The molecule has 1 amide bonds. The topological polar surface area (TPSA) is 55.1 Å². The lowest BCUT2D eigenvalue weighted by Crippen LogP contribution is -2.12. The van der Waals surface area contributed by atoms with E-state index in [2.05, 4.69) is 5.32 Å². The van der Waals surface area contributed by atoms with Crippen LogP contribution in [-0.2, 0) is 0 Å². The number of thioether (sulfide) groups is 1. The molecule has 0 atom stereocenters. The highest BCUT2D eigenvalue weighted by molar-refractivity contribution is 7.98. The minimum atomic E-state index is -0.165. The number of hydrogen-bond acceptors (Lipinski definition) is 3. The lowest BCUT2D eigenvalue weighted by Gasteiger charge is -2.10. The molecule has 0 aliphatic heterocycles. The number of nitrogens with one attached hydrogen (secondary N) is 1. The molecule has 2 aromatic rings. The average Bonchev–Trinajstić information content (AvgIpc) is 2.44. The van der Waals surface area contributed by atoms with Gasteiger partial charge in [0.1, 0.15) is 0 Å². The Labute approximate surface area is 127 Å². The van der Waals surface area contributed by atoms with Crippen molar-refractivity contribution in [2.75, 3.05) is 17.3 Å². The molecule has 0 aromatic heterocycles. The SMILES string of the molecule is CSc1ccc(C(=O)Nc2cc(Cl)c(N)cc2C)cc1. The highest BCUT2D eigenvalue weighted by Gasteiger charge is 2.09. The summed E-state index contributed by atoms with van der Waals surface area (Å²) in [6.07, 6.45) is 1.99. The highest BCUT2D eigenvalue weighted by atomic mass is 35.5. The number of anilines is 2. The molecule has 0 bridgehead atoms. The summed E-state index contributed by atoms with van der Waals surface area (Å²) in [6.45, 7) is 1.87. The number of amides is 1. The second-order valence-electron chi connectivity index (χ2n) is 4.37. The number of carbonyl (C=O) groups is 1. The van der Waals surface area contributed by atoms with Crippen LogP contribution in [0.25, 0.3) is 0 Å². The molecule has 2 rings (SSSR count). The quantitative estimate of drug-likeness (QED) is 0.660. The molecule has 0 fully saturated rings. The number of benzene rings is 2. The largest absolute Gasteiger partial charge is 0.398 e. The molecular formula is C15H15ClN2OS. The lowest BCUT2D eigenvalue weighted by molar-refractivity contribution is 0.102. The van der Waals surface area contributed by atoms with Crippen molar-refractivity contribution in [3.63, 3.8) is 0 Å². The molecule has 0 spiro atoms. The summed E-state index contributed by atoms with van der Waals surface area (Å²) in [5, 5.41) is 3.28.